The maximum Gasteiger partial charge on any atom is -0.00201 e. The standard InChI is InChI=1S/C46H28/c1-2-11-29(12-3-1)32-23-24-42-43(28-32)44(33-22-21-30-13-4-5-14-31(30)27-33)37-17-8-9-18-38(37)46(42)41-26-25-40-35-16-7-6-15-34(35)36-19-10-20-39(41)45(36)40/h1-28H. The lowest BCUT2D eigenvalue weighted by atomic mass is 9.83. The van der Waals surface area contributed by atoms with E-state index < -0.39 is 0 Å². The van der Waals surface area contributed by atoms with Crippen molar-refractivity contribution < 1.29 is 0 Å². The van der Waals surface area contributed by atoms with Gasteiger partial charge in [-0.2, -0.15) is 0 Å². The van der Waals surface area contributed by atoms with Gasteiger partial charge in [0.05, 0.1) is 0 Å². The van der Waals surface area contributed by atoms with Gasteiger partial charge >= 0.3 is 0 Å². The Morgan fingerprint density at radius 3 is 1.65 bits per heavy atom. The minimum Gasteiger partial charge on any atom is -0.0622 e. The quantitative estimate of drug-likeness (QED) is 0.182. The van der Waals surface area contributed by atoms with Gasteiger partial charge in [0, 0.05) is 0 Å². The Balaban J connectivity index is 1.35. The molecule has 0 saturated heterocycles. The fourth-order valence-corrected chi connectivity index (χ4v) is 7.96. The molecule has 0 spiro atoms. The van der Waals surface area contributed by atoms with Gasteiger partial charge in [-0.25, -0.2) is 0 Å². The van der Waals surface area contributed by atoms with Gasteiger partial charge in [0.25, 0.3) is 0 Å². The maximum absolute atomic E-state index is 2.42. The zero-order valence-electron chi connectivity index (χ0n) is 25.2. The Morgan fingerprint density at radius 1 is 0.239 bits per heavy atom. The van der Waals surface area contributed by atoms with Gasteiger partial charge in [-0.1, -0.05) is 158 Å². The van der Waals surface area contributed by atoms with Crippen LogP contribution in [0.5, 0.6) is 0 Å². The molecular weight excluding hydrogens is 553 g/mol. The molecule has 1 aliphatic rings. The summed E-state index contributed by atoms with van der Waals surface area (Å²) >= 11 is 0. The highest BCUT2D eigenvalue weighted by Crippen LogP contribution is 2.52. The molecular formula is C46H28. The van der Waals surface area contributed by atoms with E-state index in [1.807, 2.05) is 0 Å². The average molecular weight is 581 g/mol. The average Bonchev–Trinajstić information content (AvgIpc) is 3.46. The van der Waals surface area contributed by atoms with Crippen molar-refractivity contribution in [2.75, 3.05) is 0 Å². The van der Waals surface area contributed by atoms with Crippen molar-refractivity contribution >= 4 is 43.1 Å². The third-order valence-corrected chi connectivity index (χ3v) is 9.99. The summed E-state index contributed by atoms with van der Waals surface area (Å²) in [5.41, 5.74) is 12.9. The topological polar surface area (TPSA) is 0 Å². The summed E-state index contributed by atoms with van der Waals surface area (Å²) in [7, 11) is 0. The molecule has 0 fully saturated rings. The van der Waals surface area contributed by atoms with Gasteiger partial charge in [0.15, 0.2) is 0 Å². The van der Waals surface area contributed by atoms with Crippen LogP contribution >= 0.6 is 0 Å². The molecule has 9 aromatic rings. The molecule has 1 aliphatic carbocycles. The lowest BCUT2D eigenvalue weighted by molar-refractivity contribution is 1.64. The predicted octanol–water partition coefficient (Wildman–Crippen LogP) is 12.9. The first-order valence-corrected chi connectivity index (χ1v) is 16.0. The second-order valence-corrected chi connectivity index (χ2v) is 12.4. The Morgan fingerprint density at radius 2 is 0.826 bits per heavy atom. The van der Waals surface area contributed by atoms with Crippen LogP contribution in [-0.4, -0.2) is 0 Å². The first kappa shape index (κ1) is 25.4. The van der Waals surface area contributed by atoms with Crippen molar-refractivity contribution in [2.45, 2.75) is 0 Å². The first-order chi connectivity index (χ1) is 22.8. The smallest absolute Gasteiger partial charge is 0.00201 e. The molecule has 46 heavy (non-hydrogen) atoms. The molecule has 9 aromatic carbocycles. The van der Waals surface area contributed by atoms with Crippen LogP contribution in [0.2, 0.25) is 0 Å². The fourth-order valence-electron chi connectivity index (χ4n) is 7.96. The highest BCUT2D eigenvalue weighted by atomic mass is 14.3. The Hall–Kier alpha value is -5.98. The van der Waals surface area contributed by atoms with Crippen molar-refractivity contribution in [3.05, 3.63) is 170 Å². The molecule has 0 saturated carbocycles. The van der Waals surface area contributed by atoms with E-state index in [1.165, 1.54) is 98.7 Å². The fraction of sp³-hybridized carbons (Fsp3) is 0. The van der Waals surface area contributed by atoms with Crippen molar-refractivity contribution in [1.82, 2.24) is 0 Å². The summed E-state index contributed by atoms with van der Waals surface area (Å²) in [5.74, 6) is 0. The number of rotatable bonds is 3. The zero-order valence-corrected chi connectivity index (χ0v) is 25.2. The van der Waals surface area contributed by atoms with Crippen molar-refractivity contribution in [2.24, 2.45) is 0 Å². The summed E-state index contributed by atoms with van der Waals surface area (Å²) in [6.45, 7) is 0. The SMILES string of the molecule is c1ccc(-c2ccc3c(-c4ccc5c6c(cccc46)-c4ccccc4-5)c4ccccc4c(-c4ccc5ccccc5c4)c3c2)cc1. The molecule has 0 radical (unpaired) electrons. The van der Waals surface area contributed by atoms with Gasteiger partial charge in [0.1, 0.15) is 0 Å². The molecule has 0 heteroatoms. The minimum absolute atomic E-state index is 1.23. The monoisotopic (exact) mass is 580 g/mol. The first-order valence-electron chi connectivity index (χ1n) is 16.0. The third kappa shape index (κ3) is 3.62. The van der Waals surface area contributed by atoms with E-state index >= 15 is 0 Å². The summed E-state index contributed by atoms with van der Waals surface area (Å²) < 4.78 is 0. The van der Waals surface area contributed by atoms with E-state index in [-0.39, 0.29) is 0 Å². The lowest BCUT2D eigenvalue weighted by Crippen LogP contribution is -1.93. The van der Waals surface area contributed by atoms with Gasteiger partial charge < -0.3 is 0 Å². The van der Waals surface area contributed by atoms with Crippen LogP contribution in [0.4, 0.5) is 0 Å². The number of fused-ring (bicyclic) bond motifs is 6. The molecule has 0 aromatic heterocycles. The Labute approximate surface area is 267 Å². The van der Waals surface area contributed by atoms with E-state index in [2.05, 4.69) is 170 Å². The van der Waals surface area contributed by atoms with Crippen LogP contribution in [0.25, 0.3) is 98.7 Å². The number of hydrogen-bond donors (Lipinski definition) is 0. The van der Waals surface area contributed by atoms with E-state index in [1.54, 1.807) is 0 Å². The molecule has 10 rings (SSSR count). The molecule has 0 aliphatic heterocycles. The minimum atomic E-state index is 1.23. The Bertz CT molecular complexity index is 2650. The molecule has 0 N–H and O–H groups in total. The zero-order chi connectivity index (χ0) is 30.2. The van der Waals surface area contributed by atoms with Gasteiger partial charge in [-0.15, -0.1) is 0 Å². The summed E-state index contributed by atoms with van der Waals surface area (Å²) in [4.78, 5) is 0. The van der Waals surface area contributed by atoms with E-state index in [4.69, 9.17) is 0 Å². The number of hydrogen-bond acceptors (Lipinski definition) is 0. The van der Waals surface area contributed by atoms with Gasteiger partial charge in [-0.3, -0.25) is 0 Å². The lowest BCUT2D eigenvalue weighted by Gasteiger charge is -2.20. The normalized spacial score (nSPS) is 11.9. The van der Waals surface area contributed by atoms with Gasteiger partial charge in [0.2, 0.25) is 0 Å². The molecule has 0 nitrogen and oxygen atoms in total. The molecule has 0 amide bonds. The molecule has 0 unspecified atom stereocenters. The van der Waals surface area contributed by atoms with Crippen molar-refractivity contribution in [3.63, 3.8) is 0 Å². The predicted molar refractivity (Wildman–Crippen MR) is 197 cm³/mol. The van der Waals surface area contributed by atoms with Crippen LogP contribution in [0, 0.1) is 0 Å². The summed E-state index contributed by atoms with van der Waals surface area (Å²) in [5, 5.41) is 10.3. The largest absolute Gasteiger partial charge is 0.0622 e. The van der Waals surface area contributed by atoms with Crippen LogP contribution in [0.1, 0.15) is 0 Å². The molecule has 212 valence electrons. The van der Waals surface area contributed by atoms with Crippen LogP contribution in [-0.2, 0) is 0 Å². The van der Waals surface area contributed by atoms with Gasteiger partial charge in [-0.05, 0) is 111 Å². The van der Waals surface area contributed by atoms with Crippen LogP contribution in [0.15, 0.2) is 170 Å². The third-order valence-electron chi connectivity index (χ3n) is 9.99. The highest BCUT2D eigenvalue weighted by Gasteiger charge is 2.24. The molecule has 0 atom stereocenters. The van der Waals surface area contributed by atoms with Crippen LogP contribution in [0.3, 0.4) is 0 Å². The van der Waals surface area contributed by atoms with E-state index in [9.17, 15) is 0 Å². The molecule has 0 bridgehead atoms. The Kier molecular flexibility index (Phi) is 5.38. The maximum atomic E-state index is 2.42. The molecule has 0 heterocycles. The van der Waals surface area contributed by atoms with Crippen molar-refractivity contribution in [3.8, 4) is 55.6 Å². The second-order valence-electron chi connectivity index (χ2n) is 12.4. The van der Waals surface area contributed by atoms with Crippen molar-refractivity contribution in [1.29, 1.82) is 0 Å². The summed E-state index contributed by atoms with van der Waals surface area (Å²) in [6.07, 6.45) is 0. The van der Waals surface area contributed by atoms with E-state index in [0.29, 0.717) is 0 Å². The van der Waals surface area contributed by atoms with E-state index in [0.717, 1.165) is 0 Å². The second kappa shape index (κ2) is 9.76. The summed E-state index contributed by atoms with van der Waals surface area (Å²) in [6, 6.07) is 62.8. The number of benzene rings is 9. The van der Waals surface area contributed by atoms with Crippen LogP contribution < -0.4 is 0 Å². The highest BCUT2D eigenvalue weighted by molar-refractivity contribution is 6.26.